The molecule has 0 aromatic carbocycles. The standard InChI is InChI=1S/C13H18N2/c1-3-4-5-8-13-12(11(2)10-14)7-6-9-15-13/h6-7,9,11H,3-5,8H2,1-2H3. The molecule has 2 nitrogen and oxygen atoms in total. The van der Waals surface area contributed by atoms with E-state index in [-0.39, 0.29) is 5.92 Å². The lowest BCUT2D eigenvalue weighted by molar-refractivity contribution is 0.699. The molecule has 15 heavy (non-hydrogen) atoms. The van der Waals surface area contributed by atoms with E-state index in [1.165, 1.54) is 19.3 Å². The molecule has 1 aromatic rings. The Hall–Kier alpha value is -1.36. The average Bonchev–Trinajstić information content (AvgIpc) is 2.29. The fourth-order valence-electron chi connectivity index (χ4n) is 1.67. The summed E-state index contributed by atoms with van der Waals surface area (Å²) in [6.45, 7) is 4.12. The molecule has 80 valence electrons. The van der Waals surface area contributed by atoms with Crippen molar-refractivity contribution in [2.24, 2.45) is 0 Å². The van der Waals surface area contributed by atoms with Gasteiger partial charge in [0.2, 0.25) is 0 Å². The highest BCUT2D eigenvalue weighted by molar-refractivity contribution is 5.27. The van der Waals surface area contributed by atoms with E-state index in [4.69, 9.17) is 5.26 Å². The molecule has 0 spiro atoms. The molecule has 0 aliphatic heterocycles. The second kappa shape index (κ2) is 6.19. The van der Waals surface area contributed by atoms with Gasteiger partial charge >= 0.3 is 0 Å². The fraction of sp³-hybridized carbons (Fsp3) is 0.538. The molecule has 0 bridgehead atoms. The zero-order valence-corrected chi connectivity index (χ0v) is 9.53. The number of hydrogen-bond donors (Lipinski definition) is 0. The van der Waals surface area contributed by atoms with Gasteiger partial charge in [0, 0.05) is 11.9 Å². The van der Waals surface area contributed by atoms with Crippen molar-refractivity contribution in [3.05, 3.63) is 29.6 Å². The van der Waals surface area contributed by atoms with Gasteiger partial charge in [0.05, 0.1) is 12.0 Å². The van der Waals surface area contributed by atoms with E-state index in [0.29, 0.717) is 0 Å². The molecule has 1 aromatic heterocycles. The van der Waals surface area contributed by atoms with E-state index in [9.17, 15) is 0 Å². The van der Waals surface area contributed by atoms with Gasteiger partial charge in [-0.3, -0.25) is 4.98 Å². The lowest BCUT2D eigenvalue weighted by Crippen LogP contribution is -2.00. The normalized spacial score (nSPS) is 12.1. The van der Waals surface area contributed by atoms with E-state index < -0.39 is 0 Å². The Morgan fingerprint density at radius 1 is 1.47 bits per heavy atom. The molecule has 0 saturated heterocycles. The van der Waals surface area contributed by atoms with Crippen molar-refractivity contribution in [2.75, 3.05) is 0 Å². The van der Waals surface area contributed by atoms with Crippen molar-refractivity contribution in [1.82, 2.24) is 4.98 Å². The Labute approximate surface area is 92.0 Å². The second-order valence-corrected chi connectivity index (χ2v) is 3.85. The zero-order chi connectivity index (χ0) is 11.1. The van der Waals surface area contributed by atoms with Crippen LogP contribution in [0.25, 0.3) is 0 Å². The van der Waals surface area contributed by atoms with E-state index in [1.807, 2.05) is 25.3 Å². The van der Waals surface area contributed by atoms with Crippen LogP contribution in [-0.4, -0.2) is 4.98 Å². The van der Waals surface area contributed by atoms with Crippen molar-refractivity contribution in [2.45, 2.75) is 45.4 Å². The number of aryl methyl sites for hydroxylation is 1. The van der Waals surface area contributed by atoms with Crippen LogP contribution in [0.1, 0.15) is 50.3 Å². The van der Waals surface area contributed by atoms with Crippen LogP contribution in [0.2, 0.25) is 0 Å². The highest BCUT2D eigenvalue weighted by Crippen LogP contribution is 2.18. The van der Waals surface area contributed by atoms with Gasteiger partial charge in [0.15, 0.2) is 0 Å². The lowest BCUT2D eigenvalue weighted by atomic mass is 9.98. The topological polar surface area (TPSA) is 36.7 Å². The second-order valence-electron chi connectivity index (χ2n) is 3.85. The summed E-state index contributed by atoms with van der Waals surface area (Å²) in [6, 6.07) is 6.20. The quantitative estimate of drug-likeness (QED) is 0.686. The maximum atomic E-state index is 8.91. The largest absolute Gasteiger partial charge is 0.261 e. The molecule has 0 radical (unpaired) electrons. The number of unbranched alkanes of at least 4 members (excludes halogenated alkanes) is 2. The highest BCUT2D eigenvalue weighted by atomic mass is 14.7. The van der Waals surface area contributed by atoms with Crippen molar-refractivity contribution < 1.29 is 0 Å². The zero-order valence-electron chi connectivity index (χ0n) is 9.53. The average molecular weight is 202 g/mol. The van der Waals surface area contributed by atoms with Crippen LogP contribution in [0.5, 0.6) is 0 Å². The minimum atomic E-state index is -0.0460. The number of rotatable bonds is 5. The van der Waals surface area contributed by atoms with Crippen LogP contribution in [0.15, 0.2) is 18.3 Å². The van der Waals surface area contributed by atoms with E-state index in [0.717, 1.165) is 17.7 Å². The number of hydrogen-bond acceptors (Lipinski definition) is 2. The molecule has 1 rings (SSSR count). The molecule has 0 aliphatic carbocycles. The molecular formula is C13H18N2. The first kappa shape index (κ1) is 11.7. The Bertz CT molecular complexity index is 339. The molecule has 1 heterocycles. The third-order valence-electron chi connectivity index (χ3n) is 2.60. The van der Waals surface area contributed by atoms with Crippen LogP contribution in [0.4, 0.5) is 0 Å². The van der Waals surface area contributed by atoms with Gasteiger partial charge in [0.1, 0.15) is 0 Å². The van der Waals surface area contributed by atoms with E-state index in [1.54, 1.807) is 0 Å². The molecular weight excluding hydrogens is 184 g/mol. The van der Waals surface area contributed by atoms with Crippen molar-refractivity contribution in [1.29, 1.82) is 5.26 Å². The first-order chi connectivity index (χ1) is 7.29. The summed E-state index contributed by atoms with van der Waals surface area (Å²) in [7, 11) is 0. The first-order valence-corrected chi connectivity index (χ1v) is 5.63. The number of aromatic nitrogens is 1. The Balaban J connectivity index is 2.74. The van der Waals surface area contributed by atoms with Crippen molar-refractivity contribution in [3.8, 4) is 6.07 Å². The van der Waals surface area contributed by atoms with E-state index >= 15 is 0 Å². The number of nitrogens with zero attached hydrogens (tertiary/aromatic N) is 2. The predicted octanol–water partition coefficient (Wildman–Crippen LogP) is 3.44. The molecule has 1 unspecified atom stereocenters. The minimum Gasteiger partial charge on any atom is -0.261 e. The van der Waals surface area contributed by atoms with Gasteiger partial charge in [-0.2, -0.15) is 5.26 Å². The maximum absolute atomic E-state index is 8.91. The van der Waals surface area contributed by atoms with Crippen LogP contribution >= 0.6 is 0 Å². The third-order valence-corrected chi connectivity index (χ3v) is 2.60. The Kier molecular flexibility index (Phi) is 4.83. The van der Waals surface area contributed by atoms with Gasteiger partial charge in [0.25, 0.3) is 0 Å². The van der Waals surface area contributed by atoms with Gasteiger partial charge in [-0.05, 0) is 31.4 Å². The lowest BCUT2D eigenvalue weighted by Gasteiger charge is -2.09. The van der Waals surface area contributed by atoms with Crippen LogP contribution in [0, 0.1) is 11.3 Å². The summed E-state index contributed by atoms with van der Waals surface area (Å²) in [5, 5.41) is 8.91. The van der Waals surface area contributed by atoms with Crippen LogP contribution in [0.3, 0.4) is 0 Å². The predicted molar refractivity (Wildman–Crippen MR) is 61.5 cm³/mol. The SMILES string of the molecule is CCCCCc1ncccc1C(C)C#N. The molecule has 0 fully saturated rings. The summed E-state index contributed by atoms with van der Waals surface area (Å²) in [5.41, 5.74) is 2.19. The molecule has 0 amide bonds. The van der Waals surface area contributed by atoms with Gasteiger partial charge < -0.3 is 0 Å². The summed E-state index contributed by atoms with van der Waals surface area (Å²) in [5.74, 6) is -0.0460. The summed E-state index contributed by atoms with van der Waals surface area (Å²) in [6.07, 6.45) is 6.43. The van der Waals surface area contributed by atoms with Crippen LogP contribution in [-0.2, 0) is 6.42 Å². The van der Waals surface area contributed by atoms with Gasteiger partial charge in [-0.1, -0.05) is 25.8 Å². The van der Waals surface area contributed by atoms with E-state index in [2.05, 4.69) is 18.0 Å². The summed E-state index contributed by atoms with van der Waals surface area (Å²) >= 11 is 0. The third kappa shape index (κ3) is 3.36. The molecule has 0 saturated carbocycles. The monoisotopic (exact) mass is 202 g/mol. The maximum Gasteiger partial charge on any atom is 0.0702 e. The van der Waals surface area contributed by atoms with Crippen LogP contribution < -0.4 is 0 Å². The summed E-state index contributed by atoms with van der Waals surface area (Å²) < 4.78 is 0. The smallest absolute Gasteiger partial charge is 0.0702 e. The highest BCUT2D eigenvalue weighted by Gasteiger charge is 2.09. The van der Waals surface area contributed by atoms with Gasteiger partial charge in [-0.25, -0.2) is 0 Å². The molecule has 0 N–H and O–H groups in total. The van der Waals surface area contributed by atoms with Crippen molar-refractivity contribution in [3.63, 3.8) is 0 Å². The number of nitriles is 1. The minimum absolute atomic E-state index is 0.0460. The number of pyridine rings is 1. The van der Waals surface area contributed by atoms with Crippen molar-refractivity contribution >= 4 is 0 Å². The Morgan fingerprint density at radius 2 is 2.27 bits per heavy atom. The molecule has 2 heteroatoms. The molecule has 0 aliphatic rings. The summed E-state index contributed by atoms with van der Waals surface area (Å²) in [4.78, 5) is 4.37. The fourth-order valence-corrected chi connectivity index (χ4v) is 1.67. The van der Waals surface area contributed by atoms with Gasteiger partial charge in [-0.15, -0.1) is 0 Å². The first-order valence-electron chi connectivity index (χ1n) is 5.63. The Morgan fingerprint density at radius 3 is 2.93 bits per heavy atom. The molecule has 1 atom stereocenters.